The van der Waals surface area contributed by atoms with E-state index in [-0.39, 0.29) is 10.5 Å². The molecule has 0 aliphatic heterocycles. The van der Waals surface area contributed by atoms with Gasteiger partial charge >= 0.3 is 0 Å². The predicted octanol–water partition coefficient (Wildman–Crippen LogP) is 2.03. The summed E-state index contributed by atoms with van der Waals surface area (Å²) in [6, 6.07) is 12.3. The van der Waals surface area contributed by atoms with Crippen molar-refractivity contribution in [2.75, 3.05) is 19.5 Å². The van der Waals surface area contributed by atoms with Crippen molar-refractivity contribution in [3.63, 3.8) is 0 Å². The van der Waals surface area contributed by atoms with Gasteiger partial charge in [0.2, 0.25) is 10.0 Å². The summed E-state index contributed by atoms with van der Waals surface area (Å²) >= 11 is 0. The highest BCUT2D eigenvalue weighted by Crippen LogP contribution is 2.22. The molecule has 2 rings (SSSR count). The molecule has 0 fully saturated rings. The van der Waals surface area contributed by atoms with Crippen molar-refractivity contribution in [3.05, 3.63) is 59.2 Å². The minimum atomic E-state index is -3.82. The zero-order chi connectivity index (χ0) is 20.7. The van der Waals surface area contributed by atoms with Crippen LogP contribution < -0.4 is 15.2 Å². The van der Waals surface area contributed by atoms with E-state index in [0.29, 0.717) is 23.6 Å². The first kappa shape index (κ1) is 21.1. The fourth-order valence-electron chi connectivity index (χ4n) is 2.40. The van der Waals surface area contributed by atoms with Gasteiger partial charge in [0.25, 0.3) is 5.91 Å². The second-order valence-electron chi connectivity index (χ2n) is 5.70. The molecule has 2 aromatic rings. The maximum absolute atomic E-state index is 12.4. The molecule has 0 heterocycles. The maximum Gasteiger partial charge on any atom is 0.266 e. The maximum atomic E-state index is 12.4. The van der Waals surface area contributed by atoms with Crippen LogP contribution in [-0.2, 0) is 26.2 Å². The van der Waals surface area contributed by atoms with Gasteiger partial charge in [-0.25, -0.2) is 13.6 Å². The Morgan fingerprint density at radius 2 is 1.89 bits per heavy atom. The number of carbonyl (C=O) groups excluding carboxylic acids is 1. The molecule has 0 aromatic heterocycles. The number of anilines is 1. The van der Waals surface area contributed by atoms with Gasteiger partial charge in [0, 0.05) is 18.4 Å². The molecule has 0 saturated carbocycles. The Kier molecular flexibility index (Phi) is 6.89. The number of sulfonamides is 1. The number of nitriles is 1. The number of nitrogens with zero attached hydrogens (tertiary/aromatic N) is 1. The second kappa shape index (κ2) is 9.14. The largest absolute Gasteiger partial charge is 0.496 e. The molecule has 0 aliphatic carbocycles. The van der Waals surface area contributed by atoms with Crippen LogP contribution in [0.25, 0.3) is 6.08 Å². The van der Waals surface area contributed by atoms with Gasteiger partial charge in [0.1, 0.15) is 17.4 Å². The first-order valence-electron chi connectivity index (χ1n) is 8.00. The molecule has 28 heavy (non-hydrogen) atoms. The summed E-state index contributed by atoms with van der Waals surface area (Å²) in [6.45, 7) is 0.315. The summed E-state index contributed by atoms with van der Waals surface area (Å²) in [6.07, 6.45) is 1.44. The molecule has 0 unspecified atom stereocenters. The molecule has 8 nitrogen and oxygen atoms in total. The number of benzene rings is 2. The molecule has 0 bridgehead atoms. The van der Waals surface area contributed by atoms with Crippen LogP contribution in [0, 0.1) is 11.3 Å². The smallest absolute Gasteiger partial charge is 0.266 e. The third-order valence-electron chi connectivity index (χ3n) is 3.72. The molecule has 146 valence electrons. The lowest BCUT2D eigenvalue weighted by Crippen LogP contribution is -2.14. The van der Waals surface area contributed by atoms with Crippen LogP contribution in [0.3, 0.4) is 0 Å². The van der Waals surface area contributed by atoms with Crippen molar-refractivity contribution >= 4 is 27.7 Å². The fraction of sp³-hybridized carbons (Fsp3) is 0.158. The molecule has 1 amide bonds. The van der Waals surface area contributed by atoms with Gasteiger partial charge in [-0.3, -0.25) is 4.79 Å². The number of ether oxygens (including phenoxy) is 2. The summed E-state index contributed by atoms with van der Waals surface area (Å²) in [5, 5.41) is 16.9. The summed E-state index contributed by atoms with van der Waals surface area (Å²) in [7, 11) is -0.727. The summed E-state index contributed by atoms with van der Waals surface area (Å²) in [5.74, 6) is 0.00636. The Morgan fingerprint density at radius 3 is 2.43 bits per heavy atom. The van der Waals surface area contributed by atoms with E-state index in [1.165, 1.54) is 30.3 Å². The van der Waals surface area contributed by atoms with Gasteiger partial charge in [0.05, 0.1) is 18.6 Å². The molecular formula is C19H19N3O5S. The molecular weight excluding hydrogens is 382 g/mol. The van der Waals surface area contributed by atoms with Crippen molar-refractivity contribution in [2.24, 2.45) is 5.14 Å². The van der Waals surface area contributed by atoms with E-state index in [1.807, 2.05) is 6.07 Å². The highest BCUT2D eigenvalue weighted by atomic mass is 32.2. The van der Waals surface area contributed by atoms with Crippen LogP contribution in [0.5, 0.6) is 5.75 Å². The third kappa shape index (κ3) is 5.40. The number of hydrogen-bond donors (Lipinski definition) is 2. The van der Waals surface area contributed by atoms with E-state index in [0.717, 1.165) is 5.56 Å². The number of amides is 1. The van der Waals surface area contributed by atoms with Crippen molar-refractivity contribution in [2.45, 2.75) is 11.5 Å². The van der Waals surface area contributed by atoms with Crippen molar-refractivity contribution < 1.29 is 22.7 Å². The first-order chi connectivity index (χ1) is 13.3. The van der Waals surface area contributed by atoms with Crippen LogP contribution in [0.4, 0.5) is 5.69 Å². The molecule has 0 atom stereocenters. The topological polar surface area (TPSA) is 132 Å². The lowest BCUT2D eigenvalue weighted by molar-refractivity contribution is -0.112. The SMILES string of the molecule is COCc1cc(/C=C(\C#N)C(=O)Nc2ccc(S(N)(=O)=O)cc2)ccc1OC. The van der Waals surface area contributed by atoms with Crippen LogP contribution >= 0.6 is 0 Å². The number of rotatable bonds is 7. The summed E-state index contributed by atoms with van der Waals surface area (Å²) in [4.78, 5) is 12.3. The van der Waals surface area contributed by atoms with E-state index in [1.54, 1.807) is 32.4 Å². The highest BCUT2D eigenvalue weighted by Gasteiger charge is 2.12. The lowest BCUT2D eigenvalue weighted by atomic mass is 10.1. The second-order valence-corrected chi connectivity index (χ2v) is 7.26. The quantitative estimate of drug-likeness (QED) is 0.539. The molecule has 0 radical (unpaired) electrons. The van der Waals surface area contributed by atoms with Crippen LogP contribution in [0.15, 0.2) is 52.9 Å². The summed E-state index contributed by atoms with van der Waals surface area (Å²) < 4.78 is 32.9. The number of primary sulfonamides is 1. The van der Waals surface area contributed by atoms with Gasteiger partial charge < -0.3 is 14.8 Å². The number of carbonyl (C=O) groups is 1. The zero-order valence-corrected chi connectivity index (χ0v) is 16.1. The molecule has 0 spiro atoms. The Bertz CT molecular complexity index is 1040. The fourth-order valence-corrected chi connectivity index (χ4v) is 2.91. The van der Waals surface area contributed by atoms with E-state index in [9.17, 15) is 18.5 Å². The number of nitrogens with two attached hydrogens (primary N) is 1. The monoisotopic (exact) mass is 401 g/mol. The predicted molar refractivity (Wildman–Crippen MR) is 104 cm³/mol. The van der Waals surface area contributed by atoms with Gasteiger partial charge in [-0.05, 0) is 48.0 Å². The van der Waals surface area contributed by atoms with E-state index >= 15 is 0 Å². The minimum Gasteiger partial charge on any atom is -0.496 e. The molecule has 3 N–H and O–H groups in total. The highest BCUT2D eigenvalue weighted by molar-refractivity contribution is 7.89. The standard InChI is InChI=1S/C19H19N3O5S/c1-26-12-15-10-13(3-8-18(15)27-2)9-14(11-20)19(23)22-16-4-6-17(7-5-16)28(21,24)25/h3-10H,12H2,1-2H3,(H,22,23)(H2,21,24,25)/b14-9+. The van der Waals surface area contributed by atoms with Crippen LogP contribution in [0.1, 0.15) is 11.1 Å². The van der Waals surface area contributed by atoms with Crippen molar-refractivity contribution in [1.82, 2.24) is 0 Å². The lowest BCUT2D eigenvalue weighted by Gasteiger charge is -2.09. The molecule has 9 heteroatoms. The van der Waals surface area contributed by atoms with E-state index in [2.05, 4.69) is 5.32 Å². The molecule has 2 aromatic carbocycles. The molecule has 0 saturated heterocycles. The average molecular weight is 401 g/mol. The number of nitrogens with one attached hydrogen (secondary N) is 1. The average Bonchev–Trinajstić information content (AvgIpc) is 2.66. The Balaban J connectivity index is 2.23. The Labute approximate surface area is 163 Å². The third-order valence-corrected chi connectivity index (χ3v) is 4.65. The van der Waals surface area contributed by atoms with Gasteiger partial charge in [-0.2, -0.15) is 5.26 Å². The van der Waals surface area contributed by atoms with E-state index < -0.39 is 15.9 Å². The Hall–Kier alpha value is -3.19. The summed E-state index contributed by atoms with van der Waals surface area (Å²) in [5.41, 5.74) is 1.61. The number of hydrogen-bond acceptors (Lipinski definition) is 6. The minimum absolute atomic E-state index is 0.0783. The van der Waals surface area contributed by atoms with Crippen molar-refractivity contribution in [3.8, 4) is 11.8 Å². The van der Waals surface area contributed by atoms with Gasteiger partial charge in [0.15, 0.2) is 0 Å². The zero-order valence-electron chi connectivity index (χ0n) is 15.3. The van der Waals surface area contributed by atoms with Gasteiger partial charge in [-0.1, -0.05) is 6.07 Å². The normalized spacial score (nSPS) is 11.6. The van der Waals surface area contributed by atoms with E-state index in [4.69, 9.17) is 14.6 Å². The number of methoxy groups -OCH3 is 2. The van der Waals surface area contributed by atoms with Gasteiger partial charge in [-0.15, -0.1) is 0 Å². The van der Waals surface area contributed by atoms with Crippen LogP contribution in [0.2, 0.25) is 0 Å². The van der Waals surface area contributed by atoms with Crippen LogP contribution in [-0.4, -0.2) is 28.5 Å². The Morgan fingerprint density at radius 1 is 1.21 bits per heavy atom. The van der Waals surface area contributed by atoms with Crippen molar-refractivity contribution in [1.29, 1.82) is 5.26 Å². The molecule has 0 aliphatic rings. The first-order valence-corrected chi connectivity index (χ1v) is 9.55.